The maximum atomic E-state index is 6.48. The third-order valence-corrected chi connectivity index (χ3v) is 10.6. The first-order chi connectivity index (χ1) is 22.8. The summed E-state index contributed by atoms with van der Waals surface area (Å²) in [5.41, 5.74) is 10.00. The fourth-order valence-corrected chi connectivity index (χ4v) is 7.44. The molecule has 1 fully saturated rings. The zero-order valence-corrected chi connectivity index (χ0v) is 27.3. The molecule has 230 valence electrons. The first-order valence-electron chi connectivity index (χ1n) is 16.7. The third kappa shape index (κ3) is 4.37. The number of allylic oxidation sites excluding steroid dienone is 4. The summed E-state index contributed by atoms with van der Waals surface area (Å²) in [6.45, 7) is 8.43. The van der Waals surface area contributed by atoms with Crippen LogP contribution in [0.4, 0.5) is 0 Å². The molecule has 1 saturated heterocycles. The molecule has 0 radical (unpaired) electrons. The number of hydrogen-bond donors (Lipinski definition) is 0. The molecule has 0 bridgehead atoms. The number of fused-ring (bicyclic) bond motifs is 6. The maximum absolute atomic E-state index is 6.48. The van der Waals surface area contributed by atoms with E-state index in [1.807, 2.05) is 0 Å². The van der Waals surface area contributed by atoms with E-state index >= 15 is 0 Å². The summed E-state index contributed by atoms with van der Waals surface area (Å²) in [5.74, 6) is 0. The standard InChI is InChI=1S/C42H37BN2O2/c1-41(2)42(3,4)47-43(46-41)30-21-24-40-36(27-30)35-26-29(20-23-39(35)45(40)32-15-9-6-10-16-32)28-19-22-38-34(25-28)33-17-11-12-18-37(33)44(38)31-13-7-5-8-14-31/h5-7,9-13,15-27H,8,14H2,1-4H3. The van der Waals surface area contributed by atoms with Crippen LogP contribution in [-0.2, 0) is 9.31 Å². The van der Waals surface area contributed by atoms with Crippen LogP contribution in [0, 0.1) is 0 Å². The second kappa shape index (κ2) is 10.3. The first-order valence-corrected chi connectivity index (χ1v) is 16.7. The normalized spacial score (nSPS) is 17.4. The van der Waals surface area contributed by atoms with E-state index < -0.39 is 18.3 Å². The van der Waals surface area contributed by atoms with Gasteiger partial charge in [0.25, 0.3) is 0 Å². The van der Waals surface area contributed by atoms with Gasteiger partial charge >= 0.3 is 7.12 Å². The van der Waals surface area contributed by atoms with E-state index in [1.165, 1.54) is 54.9 Å². The topological polar surface area (TPSA) is 28.3 Å². The van der Waals surface area contributed by atoms with Gasteiger partial charge in [0.2, 0.25) is 0 Å². The second-order valence-electron chi connectivity index (χ2n) is 14.0. The van der Waals surface area contributed by atoms with Crippen LogP contribution in [0.5, 0.6) is 0 Å². The Kier molecular flexibility index (Phi) is 6.24. The van der Waals surface area contributed by atoms with E-state index in [0.29, 0.717) is 0 Å². The van der Waals surface area contributed by atoms with Crippen molar-refractivity contribution in [1.82, 2.24) is 9.13 Å². The lowest BCUT2D eigenvalue weighted by Crippen LogP contribution is -2.41. The van der Waals surface area contributed by atoms with Crippen LogP contribution in [0.2, 0.25) is 0 Å². The lowest BCUT2D eigenvalue weighted by molar-refractivity contribution is 0.00578. The van der Waals surface area contributed by atoms with Crippen LogP contribution < -0.4 is 5.46 Å². The first kappa shape index (κ1) is 28.4. The smallest absolute Gasteiger partial charge is 0.399 e. The highest BCUT2D eigenvalue weighted by molar-refractivity contribution is 6.62. The highest BCUT2D eigenvalue weighted by Crippen LogP contribution is 2.40. The molecule has 47 heavy (non-hydrogen) atoms. The maximum Gasteiger partial charge on any atom is 0.494 e. The van der Waals surface area contributed by atoms with Gasteiger partial charge in [-0.1, -0.05) is 72.8 Å². The molecule has 1 aliphatic heterocycles. The van der Waals surface area contributed by atoms with Gasteiger partial charge in [-0.25, -0.2) is 0 Å². The van der Waals surface area contributed by atoms with Crippen LogP contribution in [-0.4, -0.2) is 27.5 Å². The lowest BCUT2D eigenvalue weighted by Gasteiger charge is -2.32. The van der Waals surface area contributed by atoms with Gasteiger partial charge in [-0.3, -0.25) is 0 Å². The molecule has 0 amide bonds. The predicted molar refractivity (Wildman–Crippen MR) is 198 cm³/mol. The van der Waals surface area contributed by atoms with Gasteiger partial charge in [-0.2, -0.15) is 0 Å². The van der Waals surface area contributed by atoms with Gasteiger partial charge in [0.1, 0.15) is 0 Å². The van der Waals surface area contributed by atoms with Crippen molar-refractivity contribution in [3.63, 3.8) is 0 Å². The monoisotopic (exact) mass is 612 g/mol. The molecule has 9 rings (SSSR count). The molecule has 0 unspecified atom stereocenters. The minimum Gasteiger partial charge on any atom is -0.399 e. The largest absolute Gasteiger partial charge is 0.494 e. The predicted octanol–water partition coefficient (Wildman–Crippen LogP) is 10.0. The van der Waals surface area contributed by atoms with Crippen molar-refractivity contribution < 1.29 is 9.31 Å². The Morgan fingerprint density at radius 1 is 0.574 bits per heavy atom. The number of hydrogen-bond acceptors (Lipinski definition) is 2. The van der Waals surface area contributed by atoms with Crippen molar-refractivity contribution >= 4 is 61.9 Å². The Morgan fingerprint density at radius 3 is 1.83 bits per heavy atom. The summed E-state index contributed by atoms with van der Waals surface area (Å²) >= 11 is 0. The van der Waals surface area contributed by atoms with Crippen molar-refractivity contribution in [3.05, 3.63) is 127 Å². The minimum atomic E-state index is -0.419. The molecule has 7 aromatic rings. The van der Waals surface area contributed by atoms with E-state index in [2.05, 4.69) is 164 Å². The molecule has 0 saturated carbocycles. The molecule has 0 N–H and O–H groups in total. The zero-order chi connectivity index (χ0) is 31.9. The van der Waals surface area contributed by atoms with Crippen molar-refractivity contribution in [2.45, 2.75) is 51.7 Å². The average Bonchev–Trinajstić information content (AvgIpc) is 3.68. The molecule has 5 aromatic carbocycles. The van der Waals surface area contributed by atoms with Gasteiger partial charge in [0.15, 0.2) is 0 Å². The van der Waals surface area contributed by atoms with Crippen LogP contribution in [0.1, 0.15) is 40.5 Å². The number of para-hydroxylation sites is 2. The Bertz CT molecular complexity index is 2410. The number of nitrogens with zero attached hydrogens (tertiary/aromatic N) is 2. The molecule has 1 aliphatic carbocycles. The molecular weight excluding hydrogens is 575 g/mol. The van der Waals surface area contributed by atoms with Crippen molar-refractivity contribution in [3.8, 4) is 16.8 Å². The molecule has 0 spiro atoms. The zero-order valence-electron chi connectivity index (χ0n) is 27.3. The molecule has 2 aromatic heterocycles. The second-order valence-corrected chi connectivity index (χ2v) is 14.0. The highest BCUT2D eigenvalue weighted by Gasteiger charge is 2.51. The van der Waals surface area contributed by atoms with Crippen LogP contribution >= 0.6 is 0 Å². The summed E-state index contributed by atoms with van der Waals surface area (Å²) in [5, 5.41) is 4.96. The fraction of sp³-hybridized carbons (Fsp3) is 0.190. The summed E-state index contributed by atoms with van der Waals surface area (Å²) in [7, 11) is -0.419. The lowest BCUT2D eigenvalue weighted by atomic mass is 9.78. The molecule has 4 nitrogen and oxygen atoms in total. The minimum absolute atomic E-state index is 0.399. The van der Waals surface area contributed by atoms with Crippen molar-refractivity contribution in [1.29, 1.82) is 0 Å². The summed E-state index contributed by atoms with van der Waals surface area (Å²) in [4.78, 5) is 0. The molecule has 5 heteroatoms. The van der Waals surface area contributed by atoms with Gasteiger partial charge in [-0.15, -0.1) is 0 Å². The van der Waals surface area contributed by atoms with Gasteiger partial charge in [0, 0.05) is 32.9 Å². The SMILES string of the molecule is CC1(C)OB(c2ccc3c(c2)c2cc(-c4ccc5c(c4)c4ccccc4n5C4=CC=CCC4)ccc2n3-c2ccccc2)OC1(C)C. The summed E-state index contributed by atoms with van der Waals surface area (Å²) in [6, 6.07) is 39.9. The summed E-state index contributed by atoms with van der Waals surface area (Å²) in [6.07, 6.45) is 8.82. The molecule has 3 heterocycles. The van der Waals surface area contributed by atoms with Gasteiger partial charge in [0.05, 0.1) is 33.3 Å². The van der Waals surface area contributed by atoms with Crippen molar-refractivity contribution in [2.75, 3.05) is 0 Å². The molecule has 2 aliphatic rings. The van der Waals surface area contributed by atoms with Crippen molar-refractivity contribution in [2.24, 2.45) is 0 Å². The van der Waals surface area contributed by atoms with E-state index in [1.54, 1.807) is 0 Å². The number of benzene rings is 5. The third-order valence-electron chi connectivity index (χ3n) is 10.6. The number of rotatable bonds is 4. The Balaban J connectivity index is 1.23. The highest BCUT2D eigenvalue weighted by atomic mass is 16.7. The Labute approximate surface area is 275 Å². The average molecular weight is 613 g/mol. The van der Waals surface area contributed by atoms with Gasteiger partial charge < -0.3 is 18.4 Å². The van der Waals surface area contributed by atoms with E-state index in [9.17, 15) is 0 Å². The number of aromatic nitrogens is 2. The molecule has 0 atom stereocenters. The van der Waals surface area contributed by atoms with E-state index in [4.69, 9.17) is 9.31 Å². The van der Waals surface area contributed by atoms with Crippen LogP contribution in [0.15, 0.2) is 127 Å². The van der Waals surface area contributed by atoms with E-state index in [0.717, 1.165) is 29.5 Å². The van der Waals surface area contributed by atoms with E-state index in [-0.39, 0.29) is 0 Å². The van der Waals surface area contributed by atoms with Crippen LogP contribution in [0.3, 0.4) is 0 Å². The Hall–Kier alpha value is -4.84. The quantitative estimate of drug-likeness (QED) is 0.185. The summed E-state index contributed by atoms with van der Waals surface area (Å²) < 4.78 is 17.8. The Morgan fingerprint density at radius 2 is 1.15 bits per heavy atom. The van der Waals surface area contributed by atoms with Gasteiger partial charge in [-0.05, 0) is 112 Å². The van der Waals surface area contributed by atoms with Crippen LogP contribution in [0.25, 0.3) is 66.1 Å². The molecular formula is C42H37BN2O2. The fourth-order valence-electron chi connectivity index (χ4n) is 7.44.